The Hall–Kier alpha value is -1.14. The highest BCUT2D eigenvalue weighted by atomic mass is 16.5. The largest absolute Gasteiger partial charge is 0.379 e. The van der Waals surface area contributed by atoms with Crippen LogP contribution in [0.2, 0.25) is 0 Å². The summed E-state index contributed by atoms with van der Waals surface area (Å²) in [6, 6.07) is -0.357. The van der Waals surface area contributed by atoms with Crippen molar-refractivity contribution in [3.8, 4) is 0 Å². The Bertz CT molecular complexity index is 467. The van der Waals surface area contributed by atoms with E-state index >= 15 is 0 Å². The molecule has 6 heteroatoms. The van der Waals surface area contributed by atoms with Gasteiger partial charge in [0.15, 0.2) is 0 Å². The molecule has 27 heavy (non-hydrogen) atoms. The molecule has 1 unspecified atom stereocenters. The number of nitrogens with one attached hydrogen (secondary N) is 2. The van der Waals surface area contributed by atoms with E-state index in [-0.39, 0.29) is 29.7 Å². The van der Waals surface area contributed by atoms with Gasteiger partial charge in [-0.25, -0.2) is 0 Å². The zero-order chi connectivity index (χ0) is 18.9. The Morgan fingerprint density at radius 2 is 1.56 bits per heavy atom. The van der Waals surface area contributed by atoms with Crippen LogP contribution in [0.3, 0.4) is 0 Å². The molecule has 3 aliphatic rings. The molecule has 1 aliphatic heterocycles. The van der Waals surface area contributed by atoms with Gasteiger partial charge in [-0.05, 0) is 31.6 Å². The van der Waals surface area contributed by atoms with E-state index in [4.69, 9.17) is 4.74 Å². The topological polar surface area (TPSA) is 70.7 Å². The van der Waals surface area contributed by atoms with Gasteiger partial charge in [0, 0.05) is 32.1 Å². The molecule has 3 rings (SSSR count). The van der Waals surface area contributed by atoms with Crippen LogP contribution in [0.4, 0.5) is 0 Å². The van der Waals surface area contributed by atoms with Crippen molar-refractivity contribution in [1.29, 1.82) is 0 Å². The van der Waals surface area contributed by atoms with Crippen LogP contribution in [0.15, 0.2) is 0 Å². The lowest BCUT2D eigenvalue weighted by Crippen LogP contribution is -2.54. The summed E-state index contributed by atoms with van der Waals surface area (Å²) in [5.41, 5.74) is 0. The number of hydrogen-bond donors (Lipinski definition) is 2. The number of nitrogens with zero attached hydrogens (tertiary/aromatic N) is 1. The molecule has 3 fully saturated rings. The lowest BCUT2D eigenvalue weighted by molar-refractivity contribution is -0.133. The summed E-state index contributed by atoms with van der Waals surface area (Å²) < 4.78 is 5.37. The maximum Gasteiger partial charge on any atom is 0.242 e. The second kappa shape index (κ2) is 11.0. The number of rotatable bonds is 7. The van der Waals surface area contributed by atoms with Crippen LogP contribution >= 0.6 is 0 Å². The zero-order valence-corrected chi connectivity index (χ0v) is 16.7. The van der Waals surface area contributed by atoms with Crippen LogP contribution in [0, 0.1) is 11.8 Å². The summed E-state index contributed by atoms with van der Waals surface area (Å²) in [7, 11) is 0. The molecule has 0 aromatic carbocycles. The second-order valence-electron chi connectivity index (χ2n) is 8.46. The van der Waals surface area contributed by atoms with Gasteiger partial charge >= 0.3 is 0 Å². The van der Waals surface area contributed by atoms with Gasteiger partial charge < -0.3 is 15.4 Å². The number of morpholine rings is 1. The molecule has 2 saturated carbocycles. The highest BCUT2D eigenvalue weighted by Crippen LogP contribution is 2.28. The average molecular weight is 380 g/mol. The van der Waals surface area contributed by atoms with Crippen molar-refractivity contribution < 1.29 is 14.3 Å². The van der Waals surface area contributed by atoms with Gasteiger partial charge in [0.25, 0.3) is 0 Å². The number of carbonyl (C=O) groups excluding carboxylic acids is 2. The molecule has 0 aromatic rings. The Morgan fingerprint density at radius 1 is 0.926 bits per heavy atom. The highest BCUT2D eigenvalue weighted by molar-refractivity contribution is 5.88. The molecule has 0 radical (unpaired) electrons. The number of carbonyl (C=O) groups is 2. The van der Waals surface area contributed by atoms with Gasteiger partial charge in [-0.1, -0.05) is 38.5 Å². The van der Waals surface area contributed by atoms with E-state index < -0.39 is 0 Å². The van der Waals surface area contributed by atoms with Crippen molar-refractivity contribution in [3.05, 3.63) is 0 Å². The van der Waals surface area contributed by atoms with Gasteiger partial charge in [0.1, 0.15) is 6.04 Å². The summed E-state index contributed by atoms with van der Waals surface area (Å²) >= 11 is 0. The predicted octanol–water partition coefficient (Wildman–Crippen LogP) is 2.08. The van der Waals surface area contributed by atoms with Crippen LogP contribution in [0.1, 0.15) is 64.2 Å². The van der Waals surface area contributed by atoms with Crippen LogP contribution in [-0.4, -0.2) is 62.1 Å². The number of hydrogen-bond acceptors (Lipinski definition) is 4. The molecule has 0 bridgehead atoms. The quantitative estimate of drug-likeness (QED) is 0.710. The van der Waals surface area contributed by atoms with E-state index in [0.717, 1.165) is 71.4 Å². The Morgan fingerprint density at radius 3 is 2.22 bits per heavy atom. The lowest BCUT2D eigenvalue weighted by atomic mass is 9.82. The third kappa shape index (κ3) is 6.46. The van der Waals surface area contributed by atoms with Crippen LogP contribution in [0.5, 0.6) is 0 Å². The fourth-order valence-electron chi connectivity index (χ4n) is 4.77. The standard InChI is InChI=1S/C21H37N3O3/c25-20(18-9-5-2-6-10-18)23-19(17-7-3-1-4-8-17)21(26)22-11-12-24-13-15-27-16-14-24/h17-19H,1-16H2,(H,22,26)(H,23,25). The molecular weight excluding hydrogens is 342 g/mol. The predicted molar refractivity (Wildman–Crippen MR) is 105 cm³/mol. The average Bonchev–Trinajstić information content (AvgIpc) is 2.74. The Labute approximate surface area is 163 Å². The van der Waals surface area contributed by atoms with Crippen molar-refractivity contribution in [3.63, 3.8) is 0 Å². The van der Waals surface area contributed by atoms with Gasteiger partial charge in [-0.2, -0.15) is 0 Å². The molecule has 1 heterocycles. The highest BCUT2D eigenvalue weighted by Gasteiger charge is 2.33. The van der Waals surface area contributed by atoms with Gasteiger partial charge in [-0.3, -0.25) is 14.5 Å². The smallest absolute Gasteiger partial charge is 0.242 e. The fraction of sp³-hybridized carbons (Fsp3) is 0.905. The Kier molecular flexibility index (Phi) is 8.39. The van der Waals surface area contributed by atoms with E-state index in [1.165, 1.54) is 25.7 Å². The van der Waals surface area contributed by atoms with Crippen LogP contribution < -0.4 is 10.6 Å². The third-order valence-electron chi connectivity index (χ3n) is 6.51. The van der Waals surface area contributed by atoms with Crippen molar-refractivity contribution in [2.45, 2.75) is 70.3 Å². The minimum Gasteiger partial charge on any atom is -0.379 e. The molecule has 154 valence electrons. The summed E-state index contributed by atoms with van der Waals surface area (Å²) in [5, 5.41) is 6.26. The molecule has 6 nitrogen and oxygen atoms in total. The molecule has 2 aliphatic carbocycles. The summed E-state index contributed by atoms with van der Waals surface area (Å²) in [5.74, 6) is 0.508. The first-order valence-corrected chi connectivity index (χ1v) is 11.1. The number of ether oxygens (including phenoxy) is 1. The van der Waals surface area contributed by atoms with Gasteiger partial charge in [0.2, 0.25) is 11.8 Å². The van der Waals surface area contributed by atoms with E-state index in [1.807, 2.05) is 0 Å². The molecule has 1 saturated heterocycles. The maximum atomic E-state index is 12.9. The Balaban J connectivity index is 1.51. The van der Waals surface area contributed by atoms with Crippen LogP contribution in [-0.2, 0) is 14.3 Å². The van der Waals surface area contributed by atoms with Crippen molar-refractivity contribution in [1.82, 2.24) is 15.5 Å². The fourth-order valence-corrected chi connectivity index (χ4v) is 4.77. The van der Waals surface area contributed by atoms with Crippen molar-refractivity contribution >= 4 is 11.8 Å². The lowest BCUT2D eigenvalue weighted by Gasteiger charge is -2.32. The van der Waals surface area contributed by atoms with Crippen molar-refractivity contribution in [2.75, 3.05) is 39.4 Å². The third-order valence-corrected chi connectivity index (χ3v) is 6.51. The van der Waals surface area contributed by atoms with E-state index in [9.17, 15) is 9.59 Å². The monoisotopic (exact) mass is 379 g/mol. The van der Waals surface area contributed by atoms with Crippen LogP contribution in [0.25, 0.3) is 0 Å². The molecule has 0 aromatic heterocycles. The first kappa shape index (κ1) is 20.6. The normalized spacial score (nSPS) is 24.3. The summed E-state index contributed by atoms with van der Waals surface area (Å²) in [4.78, 5) is 28.0. The first-order valence-electron chi connectivity index (χ1n) is 11.1. The zero-order valence-electron chi connectivity index (χ0n) is 16.7. The maximum absolute atomic E-state index is 12.9. The first-order chi connectivity index (χ1) is 13.2. The van der Waals surface area contributed by atoms with E-state index in [0.29, 0.717) is 6.54 Å². The molecular formula is C21H37N3O3. The summed E-state index contributed by atoms with van der Waals surface area (Å²) in [6.07, 6.45) is 11.1. The second-order valence-corrected chi connectivity index (χ2v) is 8.46. The van der Waals surface area contributed by atoms with Crippen molar-refractivity contribution in [2.24, 2.45) is 11.8 Å². The SMILES string of the molecule is O=C(NC(C(=O)NCCN1CCOCC1)C1CCCCC1)C1CCCCC1. The van der Waals surface area contributed by atoms with Gasteiger partial charge in [0.05, 0.1) is 13.2 Å². The minimum absolute atomic E-state index is 0.0133. The molecule has 2 N–H and O–H groups in total. The van der Waals surface area contributed by atoms with Gasteiger partial charge in [-0.15, -0.1) is 0 Å². The minimum atomic E-state index is -0.357. The summed E-state index contributed by atoms with van der Waals surface area (Å²) in [6.45, 7) is 4.90. The molecule has 2 amide bonds. The number of amides is 2. The molecule has 1 atom stereocenters. The molecule has 0 spiro atoms. The van der Waals surface area contributed by atoms with E-state index in [1.54, 1.807) is 0 Å². The van der Waals surface area contributed by atoms with E-state index in [2.05, 4.69) is 15.5 Å².